The van der Waals surface area contributed by atoms with Gasteiger partial charge in [-0.25, -0.2) is 0 Å². The molecule has 0 saturated heterocycles. The van der Waals surface area contributed by atoms with Crippen molar-refractivity contribution < 1.29 is 19.8 Å². The molecule has 0 heterocycles. The van der Waals surface area contributed by atoms with Crippen LogP contribution in [0.2, 0.25) is 0 Å². The molecule has 0 saturated carbocycles. The molecule has 0 bridgehead atoms. The molecule has 0 spiro atoms. The molecule has 0 aromatic carbocycles. The van der Waals surface area contributed by atoms with E-state index in [0.29, 0.717) is 0 Å². The Morgan fingerprint density at radius 3 is 1.89 bits per heavy atom. The van der Waals surface area contributed by atoms with Crippen LogP contribution in [0.25, 0.3) is 0 Å². The number of unbranched alkanes of at least 4 members (excludes halogenated alkanes) is 5. The number of rotatable bonds is 11. The highest BCUT2D eigenvalue weighted by atomic mass is 16.4. The minimum absolute atomic E-state index is 0.178. The molecule has 0 fully saturated rings. The van der Waals surface area contributed by atoms with Gasteiger partial charge in [-0.3, -0.25) is 9.59 Å². The van der Waals surface area contributed by atoms with Gasteiger partial charge in [-0.2, -0.15) is 0 Å². The summed E-state index contributed by atoms with van der Waals surface area (Å²) < 4.78 is 0. The molecule has 2 N–H and O–H groups in total. The molecule has 0 aliphatic carbocycles. The number of carbonyl (C=O) groups is 2. The Morgan fingerprint density at radius 2 is 1.42 bits per heavy atom. The zero-order valence-corrected chi connectivity index (χ0v) is 12.4. The highest BCUT2D eigenvalue weighted by molar-refractivity contribution is 5.73. The standard InChI is InChI=1S/C15H28O4/c1-12(15(2,3)14(18)19)10-8-6-4-5-7-9-11-13(16)17/h12H,4-11H2,1-3H3,(H,16,17)(H,18,19). The van der Waals surface area contributed by atoms with Crippen LogP contribution < -0.4 is 0 Å². The van der Waals surface area contributed by atoms with E-state index in [-0.39, 0.29) is 12.3 Å². The predicted octanol–water partition coefficient (Wildman–Crippen LogP) is 3.94. The van der Waals surface area contributed by atoms with Crippen LogP contribution in [0.15, 0.2) is 0 Å². The topological polar surface area (TPSA) is 74.6 Å². The van der Waals surface area contributed by atoms with Crippen LogP contribution in [-0.2, 0) is 9.59 Å². The molecule has 4 nitrogen and oxygen atoms in total. The van der Waals surface area contributed by atoms with Gasteiger partial charge in [0, 0.05) is 6.42 Å². The predicted molar refractivity (Wildman–Crippen MR) is 75.2 cm³/mol. The summed E-state index contributed by atoms with van der Waals surface area (Å²) in [6.07, 6.45) is 7.28. The zero-order valence-electron chi connectivity index (χ0n) is 12.4. The molecule has 1 unspecified atom stereocenters. The van der Waals surface area contributed by atoms with Crippen LogP contribution in [0.3, 0.4) is 0 Å². The van der Waals surface area contributed by atoms with E-state index in [1.807, 2.05) is 6.92 Å². The Hall–Kier alpha value is -1.06. The lowest BCUT2D eigenvalue weighted by atomic mass is 9.77. The van der Waals surface area contributed by atoms with Gasteiger partial charge in [0.05, 0.1) is 5.41 Å². The first kappa shape index (κ1) is 17.9. The van der Waals surface area contributed by atoms with Crippen molar-refractivity contribution in [3.63, 3.8) is 0 Å². The normalized spacial score (nSPS) is 13.2. The van der Waals surface area contributed by atoms with Crippen LogP contribution in [0.5, 0.6) is 0 Å². The van der Waals surface area contributed by atoms with Gasteiger partial charge in [0.15, 0.2) is 0 Å². The third kappa shape index (κ3) is 7.85. The molecule has 0 amide bonds. The highest BCUT2D eigenvalue weighted by Gasteiger charge is 2.33. The fourth-order valence-corrected chi connectivity index (χ4v) is 2.01. The van der Waals surface area contributed by atoms with Crippen molar-refractivity contribution in [2.75, 3.05) is 0 Å². The van der Waals surface area contributed by atoms with E-state index in [2.05, 4.69) is 0 Å². The summed E-state index contributed by atoms with van der Waals surface area (Å²) in [4.78, 5) is 21.4. The fourth-order valence-electron chi connectivity index (χ4n) is 2.01. The van der Waals surface area contributed by atoms with Gasteiger partial charge in [0.1, 0.15) is 0 Å². The number of hydrogen-bond donors (Lipinski definition) is 2. The van der Waals surface area contributed by atoms with Crippen molar-refractivity contribution in [1.82, 2.24) is 0 Å². The van der Waals surface area contributed by atoms with Crippen molar-refractivity contribution >= 4 is 11.9 Å². The Morgan fingerprint density at radius 1 is 0.947 bits per heavy atom. The third-order valence-electron chi connectivity index (χ3n) is 4.06. The van der Waals surface area contributed by atoms with Gasteiger partial charge in [0.2, 0.25) is 0 Å². The Balaban J connectivity index is 3.54. The number of hydrogen-bond acceptors (Lipinski definition) is 2. The zero-order chi connectivity index (χ0) is 14.9. The smallest absolute Gasteiger partial charge is 0.309 e. The lowest BCUT2D eigenvalue weighted by Crippen LogP contribution is -2.31. The second-order valence-electron chi connectivity index (χ2n) is 5.98. The summed E-state index contributed by atoms with van der Waals surface area (Å²) in [5.74, 6) is -1.27. The van der Waals surface area contributed by atoms with E-state index in [9.17, 15) is 9.59 Å². The average Bonchev–Trinajstić information content (AvgIpc) is 2.31. The van der Waals surface area contributed by atoms with Crippen molar-refractivity contribution in [3.05, 3.63) is 0 Å². The van der Waals surface area contributed by atoms with E-state index in [1.165, 1.54) is 0 Å². The van der Waals surface area contributed by atoms with E-state index < -0.39 is 17.4 Å². The van der Waals surface area contributed by atoms with Crippen molar-refractivity contribution in [1.29, 1.82) is 0 Å². The lowest BCUT2D eigenvalue weighted by molar-refractivity contribution is -0.150. The summed E-state index contributed by atoms with van der Waals surface area (Å²) in [7, 11) is 0. The summed E-state index contributed by atoms with van der Waals surface area (Å²) in [6, 6.07) is 0. The third-order valence-corrected chi connectivity index (χ3v) is 4.06. The minimum Gasteiger partial charge on any atom is -0.481 e. The quantitative estimate of drug-likeness (QED) is 0.559. The second kappa shape index (κ2) is 8.94. The molecule has 4 heteroatoms. The van der Waals surface area contributed by atoms with Gasteiger partial charge in [-0.1, -0.05) is 39.0 Å². The molecule has 0 aliphatic rings. The second-order valence-corrected chi connectivity index (χ2v) is 5.98. The Labute approximate surface area is 116 Å². The first-order valence-electron chi connectivity index (χ1n) is 7.23. The van der Waals surface area contributed by atoms with Crippen LogP contribution in [0.1, 0.15) is 72.1 Å². The average molecular weight is 272 g/mol. The molecule has 0 aliphatic heterocycles. The summed E-state index contributed by atoms with van der Waals surface area (Å²) in [5, 5.41) is 17.6. The molecule has 19 heavy (non-hydrogen) atoms. The highest BCUT2D eigenvalue weighted by Crippen LogP contribution is 2.30. The first-order chi connectivity index (χ1) is 8.78. The molecular formula is C15H28O4. The van der Waals surface area contributed by atoms with Crippen molar-refractivity contribution in [2.24, 2.45) is 11.3 Å². The van der Waals surface area contributed by atoms with E-state index in [1.54, 1.807) is 13.8 Å². The molecule has 0 rings (SSSR count). The Kier molecular flexibility index (Phi) is 8.44. The molecule has 112 valence electrons. The van der Waals surface area contributed by atoms with Gasteiger partial charge in [-0.15, -0.1) is 0 Å². The fraction of sp³-hybridized carbons (Fsp3) is 0.867. The van der Waals surface area contributed by atoms with E-state index >= 15 is 0 Å². The molecule has 1 atom stereocenters. The number of carboxylic acid groups (broad SMARTS) is 2. The van der Waals surface area contributed by atoms with Gasteiger partial charge < -0.3 is 10.2 Å². The van der Waals surface area contributed by atoms with Gasteiger partial charge in [-0.05, 0) is 32.6 Å². The van der Waals surface area contributed by atoms with Crippen LogP contribution in [0, 0.1) is 11.3 Å². The maximum absolute atomic E-state index is 11.1. The van der Waals surface area contributed by atoms with Crippen LogP contribution in [-0.4, -0.2) is 22.2 Å². The van der Waals surface area contributed by atoms with Crippen molar-refractivity contribution in [2.45, 2.75) is 72.1 Å². The number of aliphatic carboxylic acids is 2. The van der Waals surface area contributed by atoms with Crippen molar-refractivity contribution in [3.8, 4) is 0 Å². The minimum atomic E-state index is -0.728. The van der Waals surface area contributed by atoms with E-state index in [0.717, 1.165) is 44.9 Å². The molecule has 0 radical (unpaired) electrons. The monoisotopic (exact) mass is 272 g/mol. The summed E-state index contributed by atoms with van der Waals surface area (Å²) in [6.45, 7) is 5.57. The van der Waals surface area contributed by atoms with Crippen LogP contribution in [0.4, 0.5) is 0 Å². The SMILES string of the molecule is CC(CCCCCCCCC(=O)O)C(C)(C)C(=O)O. The lowest BCUT2D eigenvalue weighted by Gasteiger charge is -2.27. The summed E-state index contributed by atoms with van der Waals surface area (Å²) in [5.41, 5.74) is -0.651. The molecular weight excluding hydrogens is 244 g/mol. The Bertz CT molecular complexity index is 284. The maximum Gasteiger partial charge on any atom is 0.309 e. The van der Waals surface area contributed by atoms with Gasteiger partial charge in [0.25, 0.3) is 0 Å². The first-order valence-corrected chi connectivity index (χ1v) is 7.23. The molecule has 0 aromatic heterocycles. The van der Waals surface area contributed by atoms with Crippen LogP contribution >= 0.6 is 0 Å². The van der Waals surface area contributed by atoms with E-state index in [4.69, 9.17) is 10.2 Å². The molecule has 0 aromatic rings. The van der Waals surface area contributed by atoms with Gasteiger partial charge >= 0.3 is 11.9 Å². The largest absolute Gasteiger partial charge is 0.481 e. The summed E-state index contributed by atoms with van der Waals surface area (Å²) >= 11 is 0. The number of carboxylic acids is 2. The maximum atomic E-state index is 11.1.